The first kappa shape index (κ1) is 20.1. The molecule has 0 aromatic heterocycles. The Balaban J connectivity index is 2.03. The van der Waals surface area contributed by atoms with Crippen molar-refractivity contribution in [2.24, 2.45) is 0 Å². The quantitative estimate of drug-likeness (QED) is 0.741. The SMILES string of the molecule is CN(C)C(=S)SCC(=O)Nc1cccc(S(=O)(=O)N2CCOCC2)c1. The number of thiocarbonyl (C=S) groups is 1. The molecule has 1 N–H and O–H groups in total. The number of morpholine rings is 1. The van der Waals surface area contributed by atoms with Crippen molar-refractivity contribution in [3.05, 3.63) is 24.3 Å². The maximum Gasteiger partial charge on any atom is 0.243 e. The van der Waals surface area contributed by atoms with Gasteiger partial charge in [0.2, 0.25) is 15.9 Å². The van der Waals surface area contributed by atoms with Gasteiger partial charge in [0.05, 0.1) is 23.9 Å². The van der Waals surface area contributed by atoms with Gasteiger partial charge in [0.25, 0.3) is 0 Å². The van der Waals surface area contributed by atoms with Gasteiger partial charge in [0.15, 0.2) is 0 Å². The second-order valence-electron chi connectivity index (χ2n) is 5.54. The smallest absolute Gasteiger partial charge is 0.243 e. The Hall–Kier alpha value is -1.20. The molecule has 0 atom stereocenters. The average Bonchev–Trinajstić information content (AvgIpc) is 2.60. The van der Waals surface area contributed by atoms with E-state index in [2.05, 4.69) is 5.32 Å². The van der Waals surface area contributed by atoms with Crippen molar-refractivity contribution in [3.8, 4) is 0 Å². The van der Waals surface area contributed by atoms with Crippen molar-refractivity contribution in [2.45, 2.75) is 4.90 Å². The molecule has 0 spiro atoms. The summed E-state index contributed by atoms with van der Waals surface area (Å²) in [6.45, 7) is 1.44. The van der Waals surface area contributed by atoms with E-state index in [1.54, 1.807) is 17.0 Å². The van der Waals surface area contributed by atoms with Crippen LogP contribution in [0.4, 0.5) is 5.69 Å². The molecule has 10 heteroatoms. The summed E-state index contributed by atoms with van der Waals surface area (Å²) in [6, 6.07) is 6.26. The fourth-order valence-electron chi connectivity index (χ4n) is 2.12. The van der Waals surface area contributed by atoms with E-state index in [1.165, 1.54) is 28.2 Å². The highest BCUT2D eigenvalue weighted by Gasteiger charge is 2.26. The maximum absolute atomic E-state index is 12.6. The second kappa shape index (κ2) is 8.95. The van der Waals surface area contributed by atoms with Crippen molar-refractivity contribution in [2.75, 3.05) is 51.5 Å². The minimum Gasteiger partial charge on any atom is -0.379 e. The Morgan fingerprint density at radius 2 is 2.04 bits per heavy atom. The minimum atomic E-state index is -3.59. The van der Waals surface area contributed by atoms with Crippen molar-refractivity contribution < 1.29 is 17.9 Å². The summed E-state index contributed by atoms with van der Waals surface area (Å²) in [5.74, 6) is -0.0765. The molecular formula is C15H21N3O4S3. The lowest BCUT2D eigenvalue weighted by Gasteiger charge is -2.26. The number of ether oxygens (including phenoxy) is 1. The van der Waals surface area contributed by atoms with Crippen LogP contribution in [-0.2, 0) is 19.6 Å². The zero-order valence-electron chi connectivity index (χ0n) is 14.1. The molecule has 25 heavy (non-hydrogen) atoms. The summed E-state index contributed by atoms with van der Waals surface area (Å²) in [5.41, 5.74) is 0.440. The number of anilines is 1. The van der Waals surface area contributed by atoms with Crippen LogP contribution in [0, 0.1) is 0 Å². The lowest BCUT2D eigenvalue weighted by molar-refractivity contribution is -0.113. The zero-order chi connectivity index (χ0) is 18.4. The van der Waals surface area contributed by atoms with Crippen LogP contribution in [0.5, 0.6) is 0 Å². The Morgan fingerprint density at radius 1 is 1.36 bits per heavy atom. The summed E-state index contributed by atoms with van der Waals surface area (Å²) in [5, 5.41) is 2.71. The van der Waals surface area contributed by atoms with Crippen LogP contribution >= 0.6 is 24.0 Å². The molecule has 7 nitrogen and oxygen atoms in total. The van der Waals surface area contributed by atoms with Crippen LogP contribution in [0.25, 0.3) is 0 Å². The highest BCUT2D eigenvalue weighted by Crippen LogP contribution is 2.21. The number of sulfonamides is 1. The topological polar surface area (TPSA) is 79.0 Å². The number of carbonyl (C=O) groups excluding carboxylic acids is 1. The molecule has 0 saturated carbocycles. The Labute approximate surface area is 157 Å². The first-order valence-corrected chi connectivity index (χ1v) is 10.5. The second-order valence-corrected chi connectivity index (χ2v) is 9.09. The molecule has 0 aliphatic carbocycles. The third-order valence-electron chi connectivity index (χ3n) is 3.42. The first-order chi connectivity index (χ1) is 11.8. The van der Waals surface area contributed by atoms with Crippen LogP contribution < -0.4 is 5.32 Å². The number of thioether (sulfide) groups is 1. The van der Waals surface area contributed by atoms with E-state index < -0.39 is 10.0 Å². The largest absolute Gasteiger partial charge is 0.379 e. The van der Waals surface area contributed by atoms with Crippen molar-refractivity contribution >= 4 is 49.9 Å². The van der Waals surface area contributed by atoms with E-state index in [9.17, 15) is 13.2 Å². The van der Waals surface area contributed by atoms with Gasteiger partial charge in [-0.3, -0.25) is 4.79 Å². The normalized spacial score (nSPS) is 15.6. The maximum atomic E-state index is 12.6. The van der Waals surface area contributed by atoms with E-state index in [0.717, 1.165) is 0 Å². The highest BCUT2D eigenvalue weighted by molar-refractivity contribution is 8.23. The summed E-state index contributed by atoms with van der Waals surface area (Å²) in [4.78, 5) is 13.9. The molecular weight excluding hydrogens is 382 g/mol. The minimum absolute atomic E-state index is 0.156. The number of hydrogen-bond donors (Lipinski definition) is 1. The molecule has 2 rings (SSSR count). The van der Waals surface area contributed by atoms with Gasteiger partial charge < -0.3 is 15.0 Å². The van der Waals surface area contributed by atoms with E-state index >= 15 is 0 Å². The van der Waals surface area contributed by atoms with Crippen LogP contribution in [0.2, 0.25) is 0 Å². The number of rotatable bonds is 5. The predicted molar refractivity (Wildman–Crippen MR) is 103 cm³/mol. The number of carbonyl (C=O) groups is 1. The molecule has 1 aromatic rings. The standard InChI is InChI=1S/C15H21N3O4S3/c1-17(2)15(23)24-11-14(19)16-12-4-3-5-13(10-12)25(20,21)18-6-8-22-9-7-18/h3-5,10H,6-9,11H2,1-2H3,(H,16,19). The Bertz CT molecular complexity index is 731. The Kier molecular flexibility index (Phi) is 7.20. The molecule has 1 aromatic carbocycles. The summed E-state index contributed by atoms with van der Waals surface area (Å²) in [6.07, 6.45) is 0. The fraction of sp³-hybridized carbons (Fsp3) is 0.467. The number of amides is 1. The summed E-state index contributed by atoms with van der Waals surface area (Å²) < 4.78 is 32.5. The molecule has 0 unspecified atom stereocenters. The molecule has 1 aliphatic heterocycles. The van der Waals surface area contributed by atoms with Gasteiger partial charge in [0.1, 0.15) is 4.32 Å². The molecule has 138 valence electrons. The molecule has 0 bridgehead atoms. The van der Waals surface area contributed by atoms with Gasteiger partial charge >= 0.3 is 0 Å². The number of nitrogens with one attached hydrogen (secondary N) is 1. The third-order valence-corrected chi connectivity index (χ3v) is 7.05. The van der Waals surface area contributed by atoms with E-state index in [1.807, 2.05) is 14.1 Å². The van der Waals surface area contributed by atoms with Gasteiger partial charge in [0, 0.05) is 32.9 Å². The summed E-state index contributed by atoms with van der Waals surface area (Å²) in [7, 11) is 0.0375. The van der Waals surface area contributed by atoms with Gasteiger partial charge in [-0.25, -0.2) is 8.42 Å². The van der Waals surface area contributed by atoms with E-state index in [0.29, 0.717) is 36.3 Å². The molecule has 1 amide bonds. The van der Waals surface area contributed by atoms with Crippen LogP contribution in [-0.4, -0.2) is 74.0 Å². The van der Waals surface area contributed by atoms with Crippen LogP contribution in [0.15, 0.2) is 29.2 Å². The highest BCUT2D eigenvalue weighted by atomic mass is 32.2. The van der Waals surface area contributed by atoms with Gasteiger partial charge in [-0.2, -0.15) is 4.31 Å². The van der Waals surface area contributed by atoms with Crippen LogP contribution in [0.1, 0.15) is 0 Å². The predicted octanol–water partition coefficient (Wildman–Crippen LogP) is 1.23. The van der Waals surface area contributed by atoms with Crippen molar-refractivity contribution in [1.29, 1.82) is 0 Å². The van der Waals surface area contributed by atoms with Gasteiger partial charge in [-0.1, -0.05) is 30.0 Å². The Morgan fingerprint density at radius 3 is 2.68 bits per heavy atom. The molecule has 1 heterocycles. The van der Waals surface area contributed by atoms with Gasteiger partial charge in [-0.05, 0) is 18.2 Å². The molecule has 1 saturated heterocycles. The number of benzene rings is 1. The van der Waals surface area contributed by atoms with Crippen LogP contribution in [0.3, 0.4) is 0 Å². The monoisotopic (exact) mass is 403 g/mol. The van der Waals surface area contributed by atoms with Crippen molar-refractivity contribution in [1.82, 2.24) is 9.21 Å². The lowest BCUT2D eigenvalue weighted by Crippen LogP contribution is -2.40. The van der Waals surface area contributed by atoms with E-state index in [4.69, 9.17) is 17.0 Å². The van der Waals surface area contributed by atoms with Gasteiger partial charge in [-0.15, -0.1) is 0 Å². The number of hydrogen-bond acceptors (Lipinski definition) is 6. The fourth-order valence-corrected chi connectivity index (χ4v) is 4.34. The molecule has 1 aliphatic rings. The zero-order valence-corrected chi connectivity index (χ0v) is 16.5. The molecule has 1 fully saturated rings. The molecule has 0 radical (unpaired) electrons. The third kappa shape index (κ3) is 5.65. The van der Waals surface area contributed by atoms with E-state index in [-0.39, 0.29) is 16.6 Å². The first-order valence-electron chi connectivity index (χ1n) is 7.62. The average molecular weight is 404 g/mol. The van der Waals surface area contributed by atoms with Crippen molar-refractivity contribution in [3.63, 3.8) is 0 Å². The number of nitrogens with zero attached hydrogens (tertiary/aromatic N) is 2. The lowest BCUT2D eigenvalue weighted by atomic mass is 10.3. The summed E-state index contributed by atoms with van der Waals surface area (Å²) >= 11 is 6.37.